The Morgan fingerprint density at radius 2 is 0.667 bits per heavy atom. The number of ether oxygens (including phenoxy) is 3. The fourth-order valence-electron chi connectivity index (χ4n) is 7.05. The summed E-state index contributed by atoms with van der Waals surface area (Å²) in [7, 11) is 0. The van der Waals surface area contributed by atoms with Crippen molar-refractivity contribution < 1.29 is 28.6 Å². The molecule has 6 heteroatoms. The Hall–Kier alpha value is -3.93. The quantitative estimate of drug-likeness (QED) is 0.0199. The van der Waals surface area contributed by atoms with E-state index in [1.807, 2.05) is 24.3 Å². The van der Waals surface area contributed by atoms with Crippen LogP contribution in [-0.2, 0) is 28.6 Å². The molecule has 0 saturated carbocycles. The number of carbonyl (C=O) groups excluding carboxylic acids is 3. The molecule has 0 spiro atoms. The maximum atomic E-state index is 12.8. The van der Waals surface area contributed by atoms with Crippen molar-refractivity contribution in [3.05, 3.63) is 109 Å². The minimum absolute atomic E-state index is 0.119. The summed E-state index contributed by atoms with van der Waals surface area (Å²) in [4.78, 5) is 38.0. The second kappa shape index (κ2) is 53.7. The van der Waals surface area contributed by atoms with Crippen molar-refractivity contribution in [2.45, 2.75) is 239 Å². The molecule has 0 radical (unpaired) electrons. The largest absolute Gasteiger partial charge is 0.462 e. The Morgan fingerprint density at radius 1 is 0.333 bits per heavy atom. The third kappa shape index (κ3) is 51.1. The van der Waals surface area contributed by atoms with Crippen molar-refractivity contribution in [1.82, 2.24) is 0 Å². The molecule has 0 aromatic heterocycles. The summed E-state index contributed by atoms with van der Waals surface area (Å²) in [5, 5.41) is 0. The molecule has 6 nitrogen and oxygen atoms in total. The number of rotatable bonds is 47. The molecule has 0 aromatic rings. The Bertz CT molecular complexity index is 1370. The van der Waals surface area contributed by atoms with Crippen LogP contribution in [0.1, 0.15) is 233 Å². The van der Waals surface area contributed by atoms with Crippen LogP contribution in [0.15, 0.2) is 109 Å². The Balaban J connectivity index is 4.56. The van der Waals surface area contributed by atoms with Crippen LogP contribution in [0.3, 0.4) is 0 Å². The molecule has 0 rings (SSSR count). The van der Waals surface area contributed by atoms with Gasteiger partial charge in [0.1, 0.15) is 13.2 Å². The lowest BCUT2D eigenvalue weighted by atomic mass is 10.1. The first-order chi connectivity index (χ1) is 32.5. The van der Waals surface area contributed by atoms with E-state index in [0.717, 1.165) is 96.3 Å². The van der Waals surface area contributed by atoms with Gasteiger partial charge in [-0.25, -0.2) is 0 Å². The molecule has 0 aliphatic carbocycles. The SMILES string of the molecule is CC\C=C/C=C\C=C/C=C\CCCCCCCC(=O)OCC(COC(=O)CCC/C=C\C/C=C\C/C=C\CCCCCCCC)OC(=O)CCCCC/C=C\C=C/CCCCCCCCC. The van der Waals surface area contributed by atoms with Gasteiger partial charge in [-0.15, -0.1) is 0 Å². The molecule has 0 N–H and O–H groups in total. The van der Waals surface area contributed by atoms with E-state index < -0.39 is 6.10 Å². The van der Waals surface area contributed by atoms with Gasteiger partial charge in [0.05, 0.1) is 0 Å². The van der Waals surface area contributed by atoms with E-state index in [1.165, 1.54) is 89.9 Å². The van der Waals surface area contributed by atoms with Crippen LogP contribution in [0.5, 0.6) is 0 Å². The van der Waals surface area contributed by atoms with Gasteiger partial charge < -0.3 is 14.2 Å². The topological polar surface area (TPSA) is 78.9 Å². The molecule has 0 heterocycles. The first-order valence-electron chi connectivity index (χ1n) is 27.0. The second-order valence-electron chi connectivity index (χ2n) is 17.5. The molecule has 0 fully saturated rings. The lowest BCUT2D eigenvalue weighted by molar-refractivity contribution is -0.167. The number of unbranched alkanes of at least 4 members (excludes halogenated alkanes) is 22. The van der Waals surface area contributed by atoms with Crippen molar-refractivity contribution in [3.8, 4) is 0 Å². The van der Waals surface area contributed by atoms with Crippen molar-refractivity contribution in [1.29, 1.82) is 0 Å². The zero-order valence-electron chi connectivity index (χ0n) is 42.7. The molecule has 0 aliphatic heterocycles. The molecule has 0 aliphatic rings. The number of carbonyl (C=O) groups is 3. The number of allylic oxidation sites excluding steroid dienone is 18. The van der Waals surface area contributed by atoms with Gasteiger partial charge >= 0.3 is 17.9 Å². The van der Waals surface area contributed by atoms with E-state index in [0.29, 0.717) is 12.8 Å². The third-order valence-corrected chi connectivity index (χ3v) is 11.1. The molecule has 66 heavy (non-hydrogen) atoms. The van der Waals surface area contributed by atoms with Gasteiger partial charge in [-0.3, -0.25) is 14.4 Å². The summed E-state index contributed by atoms with van der Waals surface area (Å²) in [6, 6.07) is 0. The van der Waals surface area contributed by atoms with Gasteiger partial charge in [0.2, 0.25) is 0 Å². The van der Waals surface area contributed by atoms with E-state index in [-0.39, 0.29) is 44.0 Å². The fourth-order valence-corrected chi connectivity index (χ4v) is 7.05. The molecular weight excluding hydrogens is 817 g/mol. The van der Waals surface area contributed by atoms with Crippen LogP contribution >= 0.6 is 0 Å². The monoisotopic (exact) mass is 915 g/mol. The Labute approximate surface area is 406 Å². The lowest BCUT2D eigenvalue weighted by Gasteiger charge is -2.18. The molecule has 0 aromatic carbocycles. The summed E-state index contributed by atoms with van der Waals surface area (Å²) in [5.41, 5.74) is 0. The van der Waals surface area contributed by atoms with Crippen molar-refractivity contribution in [2.75, 3.05) is 13.2 Å². The minimum Gasteiger partial charge on any atom is -0.462 e. The Kier molecular flexibility index (Phi) is 50.5. The van der Waals surface area contributed by atoms with Crippen LogP contribution in [-0.4, -0.2) is 37.2 Å². The van der Waals surface area contributed by atoms with Gasteiger partial charge in [0.25, 0.3) is 0 Å². The standard InChI is InChI=1S/C60H98O6/c1-4-7-10-13-16-19-22-25-28-30-33-35-38-41-44-47-50-53-59(62)65-56-57(55-64-58(61)52-49-46-43-40-37-34-31-27-24-21-18-15-12-9-6-3)66-60(63)54-51-48-45-42-39-36-32-29-26-23-20-17-14-11-8-5-2/h9,12,15,18,21,24-25,27-29,31-33,35-36,39,41,44,57H,4-8,10-11,13-14,16-17,19-20,22-23,26,30,34,37-38,40,42-43,45-56H2,1-3H3/b12-9-,18-15-,24-21-,28-25-,31-27-,32-29-,35-33-,39-36-,44-41-. The molecule has 0 saturated heterocycles. The predicted octanol–water partition coefficient (Wildman–Crippen LogP) is 17.9. The lowest BCUT2D eigenvalue weighted by Crippen LogP contribution is -2.30. The molecular formula is C60H98O6. The first kappa shape index (κ1) is 62.1. The van der Waals surface area contributed by atoms with Gasteiger partial charge in [-0.2, -0.15) is 0 Å². The minimum atomic E-state index is -0.824. The van der Waals surface area contributed by atoms with Crippen molar-refractivity contribution >= 4 is 17.9 Å². The van der Waals surface area contributed by atoms with Crippen LogP contribution in [0.25, 0.3) is 0 Å². The number of hydrogen-bond donors (Lipinski definition) is 0. The summed E-state index contributed by atoms with van der Waals surface area (Å²) in [6.07, 6.45) is 72.2. The van der Waals surface area contributed by atoms with E-state index in [9.17, 15) is 14.4 Å². The summed E-state index contributed by atoms with van der Waals surface area (Å²) >= 11 is 0. The maximum Gasteiger partial charge on any atom is 0.306 e. The van der Waals surface area contributed by atoms with Crippen LogP contribution in [0, 0.1) is 0 Å². The summed E-state index contributed by atoms with van der Waals surface area (Å²) < 4.78 is 16.7. The van der Waals surface area contributed by atoms with Gasteiger partial charge in [0.15, 0.2) is 6.10 Å². The van der Waals surface area contributed by atoms with Crippen LogP contribution < -0.4 is 0 Å². The predicted molar refractivity (Wildman–Crippen MR) is 283 cm³/mol. The second-order valence-corrected chi connectivity index (χ2v) is 17.5. The smallest absolute Gasteiger partial charge is 0.306 e. The maximum absolute atomic E-state index is 12.8. The number of esters is 3. The van der Waals surface area contributed by atoms with Crippen LogP contribution in [0.2, 0.25) is 0 Å². The van der Waals surface area contributed by atoms with Crippen molar-refractivity contribution in [3.63, 3.8) is 0 Å². The third-order valence-electron chi connectivity index (χ3n) is 11.1. The van der Waals surface area contributed by atoms with E-state index in [2.05, 4.69) is 106 Å². The normalized spacial score (nSPS) is 13.0. The molecule has 1 atom stereocenters. The summed E-state index contributed by atoms with van der Waals surface area (Å²) in [5.74, 6) is -1.02. The highest BCUT2D eigenvalue weighted by atomic mass is 16.6. The highest BCUT2D eigenvalue weighted by Crippen LogP contribution is 2.13. The molecule has 374 valence electrons. The fraction of sp³-hybridized carbons (Fsp3) is 0.650. The van der Waals surface area contributed by atoms with E-state index in [1.54, 1.807) is 0 Å². The summed E-state index contributed by atoms with van der Waals surface area (Å²) in [6.45, 7) is 6.39. The van der Waals surface area contributed by atoms with E-state index >= 15 is 0 Å². The number of hydrogen-bond acceptors (Lipinski definition) is 6. The highest BCUT2D eigenvalue weighted by Gasteiger charge is 2.19. The molecule has 0 amide bonds. The highest BCUT2D eigenvalue weighted by molar-refractivity contribution is 5.71. The zero-order chi connectivity index (χ0) is 47.9. The van der Waals surface area contributed by atoms with Crippen molar-refractivity contribution in [2.24, 2.45) is 0 Å². The average molecular weight is 915 g/mol. The van der Waals surface area contributed by atoms with Gasteiger partial charge in [0, 0.05) is 19.3 Å². The van der Waals surface area contributed by atoms with Gasteiger partial charge in [-0.1, -0.05) is 226 Å². The molecule has 1 unspecified atom stereocenters. The first-order valence-corrected chi connectivity index (χ1v) is 27.0. The molecule has 0 bridgehead atoms. The average Bonchev–Trinajstić information content (AvgIpc) is 3.31. The van der Waals surface area contributed by atoms with Crippen LogP contribution in [0.4, 0.5) is 0 Å². The van der Waals surface area contributed by atoms with Gasteiger partial charge in [-0.05, 0) is 96.3 Å². The van der Waals surface area contributed by atoms with E-state index in [4.69, 9.17) is 14.2 Å². The Morgan fingerprint density at radius 3 is 1.15 bits per heavy atom. The zero-order valence-corrected chi connectivity index (χ0v) is 42.7.